The van der Waals surface area contributed by atoms with Crippen LogP contribution in [0.2, 0.25) is 0 Å². The van der Waals surface area contributed by atoms with Gasteiger partial charge in [0.1, 0.15) is 0 Å². The Balaban J connectivity index is 1.88. The van der Waals surface area contributed by atoms with E-state index in [1.54, 1.807) is 0 Å². The van der Waals surface area contributed by atoms with Crippen LogP contribution >= 0.6 is 0 Å². The topological polar surface area (TPSA) is 43.4 Å². The van der Waals surface area contributed by atoms with E-state index in [4.69, 9.17) is 4.74 Å². The van der Waals surface area contributed by atoms with Crippen molar-refractivity contribution in [1.82, 2.24) is 0 Å². The number of hydrogen-bond acceptors (Lipinski definition) is 3. The Kier molecular flexibility index (Phi) is 7.12. The van der Waals surface area contributed by atoms with Crippen LogP contribution in [0.5, 0.6) is 0 Å². The van der Waals surface area contributed by atoms with Crippen LogP contribution in [0.25, 0.3) is 0 Å². The summed E-state index contributed by atoms with van der Waals surface area (Å²) in [7, 11) is -2.78. The number of rotatable bonds is 9. The van der Waals surface area contributed by atoms with Crippen molar-refractivity contribution in [3.8, 4) is 0 Å². The predicted molar refractivity (Wildman–Crippen MR) is 71.0 cm³/mol. The lowest BCUT2D eigenvalue weighted by Crippen LogP contribution is -2.15. The summed E-state index contributed by atoms with van der Waals surface area (Å²) in [5.41, 5.74) is 0. The van der Waals surface area contributed by atoms with Crippen LogP contribution < -0.4 is 0 Å². The molecule has 17 heavy (non-hydrogen) atoms. The molecule has 1 rings (SSSR count). The molecular weight excluding hydrogens is 236 g/mol. The molecule has 1 heterocycles. The van der Waals surface area contributed by atoms with Crippen molar-refractivity contribution in [2.24, 2.45) is 0 Å². The number of ether oxygens (including phenoxy) is 1. The first-order valence-corrected chi connectivity index (χ1v) is 8.78. The van der Waals surface area contributed by atoms with Crippen molar-refractivity contribution in [3.05, 3.63) is 0 Å². The van der Waals surface area contributed by atoms with Gasteiger partial charge in [-0.3, -0.25) is 0 Å². The molecule has 0 aliphatic carbocycles. The summed E-state index contributed by atoms with van der Waals surface area (Å²) < 4.78 is 28.0. The van der Waals surface area contributed by atoms with Gasteiger partial charge < -0.3 is 4.74 Å². The predicted octanol–water partition coefficient (Wildman–Crippen LogP) is 2.94. The van der Waals surface area contributed by atoms with E-state index in [2.05, 4.69) is 6.92 Å². The van der Waals surface area contributed by atoms with Crippen molar-refractivity contribution in [1.29, 1.82) is 0 Å². The highest BCUT2D eigenvalue weighted by Crippen LogP contribution is 2.15. The Hall–Kier alpha value is -0.0900. The molecule has 0 radical (unpaired) electrons. The van der Waals surface area contributed by atoms with Crippen LogP contribution in [-0.4, -0.2) is 32.6 Å². The first-order chi connectivity index (χ1) is 8.14. The van der Waals surface area contributed by atoms with Crippen molar-refractivity contribution < 1.29 is 13.2 Å². The molecule has 1 saturated heterocycles. The van der Waals surface area contributed by atoms with Gasteiger partial charge in [0.05, 0.1) is 17.6 Å². The number of hydrogen-bond donors (Lipinski definition) is 0. The molecule has 102 valence electrons. The van der Waals surface area contributed by atoms with Crippen LogP contribution in [0.4, 0.5) is 0 Å². The van der Waals surface area contributed by atoms with Gasteiger partial charge in [-0.1, -0.05) is 45.4 Å². The van der Waals surface area contributed by atoms with Crippen LogP contribution in [0.15, 0.2) is 0 Å². The second-order valence-electron chi connectivity index (χ2n) is 5.02. The molecule has 1 aliphatic heterocycles. The lowest BCUT2D eigenvalue weighted by Gasteiger charge is -2.09. The van der Waals surface area contributed by atoms with E-state index >= 15 is 0 Å². The molecule has 0 saturated carbocycles. The van der Waals surface area contributed by atoms with Crippen LogP contribution in [0.3, 0.4) is 0 Å². The van der Waals surface area contributed by atoms with Crippen molar-refractivity contribution in [2.45, 2.75) is 64.4 Å². The lowest BCUT2D eigenvalue weighted by atomic mass is 10.1. The van der Waals surface area contributed by atoms with Crippen LogP contribution in [0, 0.1) is 0 Å². The summed E-state index contributed by atoms with van der Waals surface area (Å²) in [4.78, 5) is 0. The smallest absolute Gasteiger partial charge is 0.152 e. The third kappa shape index (κ3) is 7.04. The molecular formula is C13H26O3S. The highest BCUT2D eigenvalue weighted by Gasteiger charge is 2.28. The zero-order valence-electron chi connectivity index (χ0n) is 11.0. The first kappa shape index (κ1) is 15.0. The number of sulfone groups is 1. The van der Waals surface area contributed by atoms with Gasteiger partial charge in [0.2, 0.25) is 0 Å². The van der Waals surface area contributed by atoms with E-state index in [1.807, 2.05) is 0 Å². The van der Waals surface area contributed by atoms with Crippen LogP contribution in [0.1, 0.15) is 58.3 Å². The van der Waals surface area contributed by atoms with Gasteiger partial charge in [0, 0.05) is 6.61 Å². The van der Waals surface area contributed by atoms with E-state index in [9.17, 15) is 8.42 Å². The van der Waals surface area contributed by atoms with Gasteiger partial charge in [-0.25, -0.2) is 8.42 Å². The summed E-state index contributed by atoms with van der Waals surface area (Å²) in [5, 5.41) is 0. The molecule has 0 aromatic rings. The highest BCUT2D eigenvalue weighted by molar-refractivity contribution is 7.91. The van der Waals surface area contributed by atoms with E-state index in [1.165, 1.54) is 38.5 Å². The van der Waals surface area contributed by atoms with Crippen molar-refractivity contribution in [2.75, 3.05) is 18.1 Å². The third-order valence-corrected chi connectivity index (χ3v) is 5.03. The molecule has 1 atom stereocenters. The van der Waals surface area contributed by atoms with Crippen molar-refractivity contribution >= 4 is 9.84 Å². The first-order valence-electron chi connectivity index (χ1n) is 6.96. The second kappa shape index (κ2) is 8.09. The van der Waals surface area contributed by atoms with Gasteiger partial charge in [-0.15, -0.1) is 0 Å². The quantitative estimate of drug-likeness (QED) is 0.600. The fourth-order valence-corrected chi connectivity index (χ4v) is 3.82. The summed E-state index contributed by atoms with van der Waals surface area (Å²) in [6.45, 7) is 2.96. The highest BCUT2D eigenvalue weighted by atomic mass is 32.2. The van der Waals surface area contributed by atoms with Gasteiger partial charge >= 0.3 is 0 Å². The average Bonchev–Trinajstić information content (AvgIpc) is 2.62. The maximum atomic E-state index is 11.2. The lowest BCUT2D eigenvalue weighted by molar-refractivity contribution is 0.0680. The minimum absolute atomic E-state index is 0.0277. The van der Waals surface area contributed by atoms with Crippen molar-refractivity contribution in [3.63, 3.8) is 0 Å². The van der Waals surface area contributed by atoms with Crippen LogP contribution in [-0.2, 0) is 14.6 Å². The standard InChI is InChI=1S/C13H26O3S/c1-2-3-4-5-6-7-8-10-16-13-9-11-17(14,15)12-13/h13H,2-12H2,1H3/t13-/m0/s1. The Bertz CT molecular complexity index is 285. The SMILES string of the molecule is CCCCCCCCCO[C@H]1CCS(=O)(=O)C1. The van der Waals surface area contributed by atoms with E-state index in [0.29, 0.717) is 12.2 Å². The molecule has 0 bridgehead atoms. The minimum Gasteiger partial charge on any atom is -0.377 e. The summed E-state index contributed by atoms with van der Waals surface area (Å²) in [5.74, 6) is 0.554. The molecule has 0 spiro atoms. The minimum atomic E-state index is -2.78. The monoisotopic (exact) mass is 262 g/mol. The molecule has 0 aromatic carbocycles. The molecule has 0 unspecified atom stereocenters. The zero-order valence-corrected chi connectivity index (χ0v) is 11.8. The molecule has 1 fully saturated rings. The molecule has 1 aliphatic rings. The fourth-order valence-electron chi connectivity index (χ4n) is 2.20. The summed E-state index contributed by atoms with van der Waals surface area (Å²) in [6, 6.07) is 0. The number of unbranched alkanes of at least 4 members (excludes halogenated alkanes) is 6. The Labute approximate surface area is 106 Å². The fraction of sp³-hybridized carbons (Fsp3) is 1.00. The normalized spacial score (nSPS) is 23.0. The van der Waals surface area contributed by atoms with Gasteiger partial charge in [-0.05, 0) is 12.8 Å². The van der Waals surface area contributed by atoms with E-state index in [-0.39, 0.29) is 11.9 Å². The third-order valence-electron chi connectivity index (χ3n) is 3.29. The Morgan fingerprint density at radius 1 is 1.06 bits per heavy atom. The Morgan fingerprint density at radius 3 is 2.29 bits per heavy atom. The Morgan fingerprint density at radius 2 is 1.71 bits per heavy atom. The largest absolute Gasteiger partial charge is 0.377 e. The van der Waals surface area contributed by atoms with E-state index < -0.39 is 9.84 Å². The van der Waals surface area contributed by atoms with Gasteiger partial charge in [0.25, 0.3) is 0 Å². The molecule has 0 N–H and O–H groups in total. The molecule has 4 heteroatoms. The molecule has 0 amide bonds. The molecule has 0 aromatic heterocycles. The second-order valence-corrected chi connectivity index (χ2v) is 7.25. The average molecular weight is 262 g/mol. The maximum Gasteiger partial charge on any atom is 0.152 e. The maximum absolute atomic E-state index is 11.2. The summed E-state index contributed by atoms with van der Waals surface area (Å²) >= 11 is 0. The van der Waals surface area contributed by atoms with Gasteiger partial charge in [-0.2, -0.15) is 0 Å². The zero-order chi connectivity index (χ0) is 12.6. The molecule has 3 nitrogen and oxygen atoms in total. The van der Waals surface area contributed by atoms with Gasteiger partial charge in [0.15, 0.2) is 9.84 Å². The van der Waals surface area contributed by atoms with E-state index in [0.717, 1.165) is 13.0 Å². The summed E-state index contributed by atoms with van der Waals surface area (Å²) in [6.07, 6.45) is 9.54.